The van der Waals surface area contributed by atoms with Gasteiger partial charge in [0.25, 0.3) is 0 Å². The largest absolute Gasteiger partial charge is 0.251 e. The van der Waals surface area contributed by atoms with Gasteiger partial charge < -0.3 is 0 Å². The van der Waals surface area contributed by atoms with Gasteiger partial charge in [0.05, 0.1) is 6.67 Å². The van der Waals surface area contributed by atoms with Crippen molar-refractivity contribution in [1.29, 1.82) is 0 Å². The maximum Gasteiger partial charge on any atom is 0.198 e. The average molecular weight is 302 g/mol. The van der Waals surface area contributed by atoms with Crippen LogP contribution in [0.1, 0.15) is 25.7 Å². The number of hydrogen-bond acceptors (Lipinski definition) is 0. The fourth-order valence-corrected chi connectivity index (χ4v) is 2.65. The summed E-state index contributed by atoms with van der Waals surface area (Å²) in [5.41, 5.74) is 0. The van der Waals surface area contributed by atoms with Gasteiger partial charge in [0.15, 0.2) is 23.3 Å². The summed E-state index contributed by atoms with van der Waals surface area (Å²) in [7, 11) is -0.804. The minimum absolute atomic E-state index is 0.0541. The number of benzene rings is 1. The summed E-state index contributed by atoms with van der Waals surface area (Å²) in [6.07, 6.45) is 1.28. The van der Waals surface area contributed by atoms with Gasteiger partial charge in [0, 0.05) is 5.30 Å². The molecule has 0 aromatic heterocycles. The Balaban J connectivity index is 2.62. The second-order valence-electron chi connectivity index (χ2n) is 4.00. The molecule has 0 aliphatic carbocycles. The van der Waals surface area contributed by atoms with Crippen LogP contribution in [0.15, 0.2) is 6.07 Å². The van der Waals surface area contributed by atoms with Crippen LogP contribution in [0.5, 0.6) is 0 Å². The monoisotopic (exact) mass is 302 g/mol. The van der Waals surface area contributed by atoms with E-state index < -0.39 is 49.7 Å². The van der Waals surface area contributed by atoms with Crippen LogP contribution in [0.25, 0.3) is 0 Å². The van der Waals surface area contributed by atoms with Crippen molar-refractivity contribution in [2.45, 2.75) is 31.6 Å². The van der Waals surface area contributed by atoms with E-state index in [4.69, 9.17) is 0 Å². The Bertz CT molecular complexity index is 423. The van der Waals surface area contributed by atoms with Crippen molar-refractivity contribution in [2.75, 3.05) is 6.67 Å². The van der Waals surface area contributed by atoms with E-state index in [1.165, 1.54) is 0 Å². The molecule has 0 spiro atoms. The summed E-state index contributed by atoms with van der Waals surface area (Å²) in [4.78, 5) is 0. The highest BCUT2D eigenvalue weighted by Crippen LogP contribution is 2.28. The first-order valence-electron chi connectivity index (χ1n) is 5.77. The Morgan fingerprint density at radius 1 is 0.947 bits per heavy atom. The van der Waals surface area contributed by atoms with Crippen molar-refractivity contribution in [1.82, 2.24) is 0 Å². The summed E-state index contributed by atoms with van der Waals surface area (Å²) in [6.45, 7) is -0.484. The van der Waals surface area contributed by atoms with Crippen LogP contribution in [0.3, 0.4) is 0 Å². The Kier molecular flexibility index (Phi) is 6.63. The van der Waals surface area contributed by atoms with E-state index >= 15 is 0 Å². The Morgan fingerprint density at radius 2 is 1.63 bits per heavy atom. The first-order chi connectivity index (χ1) is 8.97. The van der Waals surface area contributed by atoms with Crippen LogP contribution >= 0.6 is 8.58 Å². The fourth-order valence-electron chi connectivity index (χ4n) is 1.51. The van der Waals surface area contributed by atoms with Gasteiger partial charge in [-0.3, -0.25) is 4.39 Å². The summed E-state index contributed by atoms with van der Waals surface area (Å²) in [5.74, 6) is -8.38. The second kappa shape index (κ2) is 7.73. The third-order valence-corrected chi connectivity index (χ3v) is 3.78. The van der Waals surface area contributed by atoms with Gasteiger partial charge in [0.2, 0.25) is 0 Å². The van der Waals surface area contributed by atoms with Crippen molar-refractivity contribution in [3.05, 3.63) is 29.3 Å². The molecular weight excluding hydrogens is 289 g/mol. The number of hydrogen-bond donors (Lipinski definition) is 0. The minimum atomic E-state index is -1.92. The smallest absolute Gasteiger partial charge is 0.198 e. The zero-order chi connectivity index (χ0) is 14.4. The minimum Gasteiger partial charge on any atom is -0.251 e. The highest BCUT2D eigenvalue weighted by molar-refractivity contribution is 7.47. The maximum atomic E-state index is 13.5. The van der Waals surface area contributed by atoms with Crippen LogP contribution in [0, 0.1) is 23.3 Å². The molecule has 0 saturated heterocycles. The van der Waals surface area contributed by atoms with Crippen molar-refractivity contribution in [3.63, 3.8) is 0 Å². The molecule has 7 heteroatoms. The lowest BCUT2D eigenvalue weighted by atomic mass is 10.2. The molecule has 0 nitrogen and oxygen atoms in total. The Labute approximate surface area is 109 Å². The van der Waals surface area contributed by atoms with E-state index in [0.717, 1.165) is 0 Å². The zero-order valence-electron chi connectivity index (χ0n) is 9.96. The Morgan fingerprint density at radius 3 is 2.26 bits per heavy atom. The molecule has 0 heterocycles. The standard InChI is InChI=1S/C12H13F6P/c13-5-3-1-2-4-9(15)19-8-6-7(14)10(16)12(18)11(8)17/h6,9,19H,1-5H2. The molecule has 0 N–H and O–H groups in total. The Hall–Kier alpha value is -0.770. The maximum absolute atomic E-state index is 13.5. The van der Waals surface area contributed by atoms with Gasteiger partial charge >= 0.3 is 0 Å². The molecule has 108 valence electrons. The quantitative estimate of drug-likeness (QED) is 0.231. The molecule has 2 atom stereocenters. The summed E-state index contributed by atoms with van der Waals surface area (Å²) in [5, 5.41) is -0.505. The molecule has 0 radical (unpaired) electrons. The topological polar surface area (TPSA) is 0 Å². The molecule has 0 bridgehead atoms. The third-order valence-electron chi connectivity index (χ3n) is 2.51. The van der Waals surface area contributed by atoms with Crippen molar-refractivity contribution < 1.29 is 26.3 Å². The van der Waals surface area contributed by atoms with Crippen molar-refractivity contribution >= 4 is 13.9 Å². The molecule has 0 amide bonds. The fraction of sp³-hybridized carbons (Fsp3) is 0.500. The average Bonchev–Trinajstić information content (AvgIpc) is 2.38. The molecule has 2 unspecified atom stereocenters. The van der Waals surface area contributed by atoms with Crippen LogP contribution in [-0.2, 0) is 0 Å². The van der Waals surface area contributed by atoms with Gasteiger partial charge in [0.1, 0.15) is 5.91 Å². The molecule has 0 aliphatic heterocycles. The molecule has 1 rings (SSSR count). The second-order valence-corrected chi connectivity index (χ2v) is 5.45. The molecule has 19 heavy (non-hydrogen) atoms. The van der Waals surface area contributed by atoms with E-state index in [-0.39, 0.29) is 6.42 Å². The number of halogens is 6. The predicted octanol–water partition coefficient (Wildman–Crippen LogP) is 4.37. The van der Waals surface area contributed by atoms with Crippen LogP contribution in [0.2, 0.25) is 0 Å². The van der Waals surface area contributed by atoms with Crippen LogP contribution in [0.4, 0.5) is 26.3 Å². The van der Waals surface area contributed by atoms with Gasteiger partial charge in [-0.15, -0.1) is 0 Å². The SMILES string of the molecule is FCCCCCC(F)Pc1cc(F)c(F)c(F)c1F. The molecule has 0 fully saturated rings. The highest BCUT2D eigenvalue weighted by atomic mass is 31.1. The van der Waals surface area contributed by atoms with Gasteiger partial charge in [-0.2, -0.15) is 0 Å². The third kappa shape index (κ3) is 4.68. The zero-order valence-corrected chi connectivity index (χ0v) is 11.0. The lowest BCUT2D eigenvalue weighted by Gasteiger charge is -2.10. The number of rotatable bonds is 7. The number of unbranched alkanes of at least 4 members (excludes halogenated alkanes) is 2. The van der Waals surface area contributed by atoms with Crippen LogP contribution in [-0.4, -0.2) is 12.6 Å². The van der Waals surface area contributed by atoms with E-state index in [1.54, 1.807) is 0 Å². The molecular formula is C12H13F6P. The first kappa shape index (κ1) is 16.3. The summed E-state index contributed by atoms with van der Waals surface area (Å²) in [6, 6.07) is 0.473. The lowest BCUT2D eigenvalue weighted by Crippen LogP contribution is -2.12. The first-order valence-corrected chi connectivity index (χ1v) is 6.84. The molecule has 1 aromatic carbocycles. The molecule has 1 aromatic rings. The van der Waals surface area contributed by atoms with E-state index in [9.17, 15) is 26.3 Å². The van der Waals surface area contributed by atoms with E-state index in [2.05, 4.69) is 0 Å². The lowest BCUT2D eigenvalue weighted by molar-refractivity contribution is 0.396. The predicted molar refractivity (Wildman–Crippen MR) is 63.6 cm³/mol. The summed E-state index contributed by atoms with van der Waals surface area (Å²) < 4.78 is 77.0. The molecule has 0 saturated carbocycles. The van der Waals surface area contributed by atoms with E-state index in [0.29, 0.717) is 25.3 Å². The van der Waals surface area contributed by atoms with Crippen LogP contribution < -0.4 is 5.30 Å². The summed E-state index contributed by atoms with van der Waals surface area (Å²) >= 11 is 0. The van der Waals surface area contributed by atoms with Gasteiger partial charge in [-0.1, -0.05) is 21.4 Å². The van der Waals surface area contributed by atoms with E-state index in [1.807, 2.05) is 0 Å². The molecule has 0 aliphatic rings. The normalized spacial score (nSPS) is 13.4. The highest BCUT2D eigenvalue weighted by Gasteiger charge is 2.20. The van der Waals surface area contributed by atoms with Gasteiger partial charge in [-0.25, -0.2) is 22.0 Å². The van der Waals surface area contributed by atoms with Crippen molar-refractivity contribution in [2.24, 2.45) is 0 Å². The van der Waals surface area contributed by atoms with Gasteiger partial charge in [-0.05, 0) is 18.9 Å². The van der Waals surface area contributed by atoms with Crippen molar-refractivity contribution in [3.8, 4) is 0 Å². The number of alkyl halides is 2.